The van der Waals surface area contributed by atoms with E-state index in [1.54, 1.807) is 0 Å². The lowest BCUT2D eigenvalue weighted by Crippen LogP contribution is -2.45. The van der Waals surface area contributed by atoms with Crippen molar-refractivity contribution < 1.29 is 4.74 Å². The van der Waals surface area contributed by atoms with Gasteiger partial charge in [-0.05, 0) is 32.1 Å². The molecule has 1 aliphatic heterocycles. The van der Waals surface area contributed by atoms with E-state index in [-0.39, 0.29) is 5.72 Å². The molecule has 1 N–H and O–H groups in total. The zero-order chi connectivity index (χ0) is 8.44. The first-order chi connectivity index (χ1) is 5.85. The van der Waals surface area contributed by atoms with Crippen molar-refractivity contribution in [2.75, 3.05) is 6.61 Å². The molecule has 1 aliphatic carbocycles. The predicted octanol–water partition coefficient (Wildman–Crippen LogP) is 2.05. The van der Waals surface area contributed by atoms with E-state index in [2.05, 4.69) is 12.2 Å². The van der Waals surface area contributed by atoms with Crippen LogP contribution in [0.3, 0.4) is 0 Å². The Labute approximate surface area is 74.7 Å². The van der Waals surface area contributed by atoms with Gasteiger partial charge >= 0.3 is 0 Å². The fourth-order valence-corrected chi connectivity index (χ4v) is 2.35. The molecule has 12 heavy (non-hydrogen) atoms. The van der Waals surface area contributed by atoms with Gasteiger partial charge in [-0.15, -0.1) is 0 Å². The predicted molar refractivity (Wildman–Crippen MR) is 49.0 cm³/mol. The van der Waals surface area contributed by atoms with Crippen LogP contribution in [0.25, 0.3) is 0 Å². The van der Waals surface area contributed by atoms with Crippen LogP contribution < -0.4 is 5.32 Å². The normalized spacial score (nSPS) is 34.2. The van der Waals surface area contributed by atoms with E-state index in [9.17, 15) is 0 Å². The maximum atomic E-state index is 5.87. The molecule has 2 rings (SSSR count). The van der Waals surface area contributed by atoms with Crippen molar-refractivity contribution >= 4 is 0 Å². The quantitative estimate of drug-likeness (QED) is 0.648. The third-order valence-electron chi connectivity index (χ3n) is 3.18. The van der Waals surface area contributed by atoms with E-state index >= 15 is 0 Å². The fraction of sp³-hybridized carbons (Fsp3) is 1.00. The van der Waals surface area contributed by atoms with Crippen LogP contribution in [0.15, 0.2) is 0 Å². The number of hydrogen-bond acceptors (Lipinski definition) is 2. The minimum Gasteiger partial charge on any atom is -0.359 e. The van der Waals surface area contributed by atoms with Crippen LogP contribution in [0.1, 0.15) is 45.4 Å². The minimum atomic E-state index is 0.0962. The number of ether oxygens (including phenoxy) is 1. The van der Waals surface area contributed by atoms with E-state index in [1.165, 1.54) is 38.5 Å². The topological polar surface area (TPSA) is 21.3 Å². The largest absolute Gasteiger partial charge is 0.359 e. The van der Waals surface area contributed by atoms with Crippen molar-refractivity contribution in [1.29, 1.82) is 0 Å². The summed E-state index contributed by atoms with van der Waals surface area (Å²) in [7, 11) is 0. The highest BCUT2D eigenvalue weighted by atomic mass is 16.5. The zero-order valence-corrected chi connectivity index (χ0v) is 7.94. The summed E-state index contributed by atoms with van der Waals surface area (Å²) in [4.78, 5) is 0. The Bertz CT molecular complexity index is 152. The van der Waals surface area contributed by atoms with E-state index < -0.39 is 0 Å². The molecule has 1 spiro atoms. The lowest BCUT2D eigenvalue weighted by molar-refractivity contribution is -0.0383. The molecular weight excluding hydrogens is 150 g/mol. The van der Waals surface area contributed by atoms with Crippen molar-refractivity contribution in [3.63, 3.8) is 0 Å². The molecule has 1 atom stereocenters. The van der Waals surface area contributed by atoms with Crippen LogP contribution in [0.2, 0.25) is 0 Å². The van der Waals surface area contributed by atoms with E-state index in [4.69, 9.17) is 4.74 Å². The summed E-state index contributed by atoms with van der Waals surface area (Å²) in [6.45, 7) is 3.15. The molecule has 0 aromatic carbocycles. The highest BCUT2D eigenvalue weighted by molar-refractivity contribution is 4.90. The van der Waals surface area contributed by atoms with Crippen LogP contribution in [0.5, 0.6) is 0 Å². The second kappa shape index (κ2) is 3.35. The summed E-state index contributed by atoms with van der Waals surface area (Å²) in [5, 5.41) is 3.63. The van der Waals surface area contributed by atoms with Crippen molar-refractivity contribution in [3.05, 3.63) is 0 Å². The van der Waals surface area contributed by atoms with Crippen LogP contribution in [0.4, 0.5) is 0 Å². The van der Waals surface area contributed by atoms with Crippen molar-refractivity contribution in [1.82, 2.24) is 5.32 Å². The lowest BCUT2D eigenvalue weighted by atomic mass is 9.92. The average Bonchev–Trinajstić information content (AvgIpc) is 2.50. The first kappa shape index (κ1) is 8.52. The molecule has 1 saturated carbocycles. The second-order valence-electron chi connectivity index (χ2n) is 4.12. The van der Waals surface area contributed by atoms with Crippen LogP contribution in [-0.2, 0) is 4.74 Å². The van der Waals surface area contributed by atoms with E-state index in [0.29, 0.717) is 6.04 Å². The summed E-state index contributed by atoms with van der Waals surface area (Å²) in [6.07, 6.45) is 7.71. The monoisotopic (exact) mass is 169 g/mol. The fourth-order valence-electron chi connectivity index (χ4n) is 2.35. The van der Waals surface area contributed by atoms with Gasteiger partial charge in [-0.3, -0.25) is 5.32 Å². The van der Waals surface area contributed by atoms with Gasteiger partial charge in [0.05, 0.1) is 6.61 Å². The third-order valence-corrected chi connectivity index (χ3v) is 3.18. The Hall–Kier alpha value is -0.0800. The summed E-state index contributed by atoms with van der Waals surface area (Å²) in [6, 6.07) is 0.614. The summed E-state index contributed by atoms with van der Waals surface area (Å²) < 4.78 is 5.87. The zero-order valence-electron chi connectivity index (χ0n) is 7.94. The van der Waals surface area contributed by atoms with Crippen LogP contribution in [0, 0.1) is 0 Å². The van der Waals surface area contributed by atoms with E-state index in [1.807, 2.05) is 0 Å². The van der Waals surface area contributed by atoms with Crippen molar-refractivity contribution in [2.24, 2.45) is 0 Å². The third kappa shape index (κ3) is 1.50. The average molecular weight is 169 g/mol. The van der Waals surface area contributed by atoms with Gasteiger partial charge in [0, 0.05) is 6.04 Å². The molecule has 2 heteroatoms. The number of hydrogen-bond donors (Lipinski definition) is 1. The molecule has 70 valence electrons. The molecule has 1 heterocycles. The molecular formula is C10H19NO. The first-order valence-corrected chi connectivity index (χ1v) is 5.26. The van der Waals surface area contributed by atoms with Crippen molar-refractivity contribution in [3.8, 4) is 0 Å². The smallest absolute Gasteiger partial charge is 0.119 e. The van der Waals surface area contributed by atoms with Gasteiger partial charge < -0.3 is 4.74 Å². The number of nitrogens with one attached hydrogen (secondary N) is 1. The summed E-state index contributed by atoms with van der Waals surface area (Å²) in [5.41, 5.74) is 0.0962. The maximum absolute atomic E-state index is 5.87. The first-order valence-electron chi connectivity index (χ1n) is 5.26. The lowest BCUT2D eigenvalue weighted by Gasteiger charge is -2.32. The van der Waals surface area contributed by atoms with Gasteiger partial charge in [-0.2, -0.15) is 0 Å². The molecule has 2 aliphatic rings. The van der Waals surface area contributed by atoms with Crippen LogP contribution >= 0.6 is 0 Å². The maximum Gasteiger partial charge on any atom is 0.119 e. The van der Waals surface area contributed by atoms with Crippen LogP contribution in [-0.4, -0.2) is 18.4 Å². The van der Waals surface area contributed by atoms with Gasteiger partial charge in [0.2, 0.25) is 0 Å². The molecule has 0 unspecified atom stereocenters. The molecule has 1 saturated heterocycles. The van der Waals surface area contributed by atoms with E-state index in [0.717, 1.165) is 6.61 Å². The molecule has 2 fully saturated rings. The second-order valence-corrected chi connectivity index (χ2v) is 4.12. The molecule has 0 radical (unpaired) electrons. The minimum absolute atomic E-state index is 0.0962. The molecule has 0 aromatic rings. The Morgan fingerprint density at radius 1 is 1.33 bits per heavy atom. The van der Waals surface area contributed by atoms with Gasteiger partial charge in [0.1, 0.15) is 5.72 Å². The van der Waals surface area contributed by atoms with Gasteiger partial charge in [-0.1, -0.05) is 13.3 Å². The van der Waals surface area contributed by atoms with Gasteiger partial charge in [-0.25, -0.2) is 0 Å². The highest BCUT2D eigenvalue weighted by Crippen LogP contribution is 2.33. The summed E-state index contributed by atoms with van der Waals surface area (Å²) >= 11 is 0. The number of rotatable bonds is 1. The molecule has 0 aromatic heterocycles. The standard InChI is InChI=1S/C10H19NO/c1-2-9-8-12-10(11-9)6-4-3-5-7-10/h9,11H,2-8H2,1H3/t9-/m1/s1. The highest BCUT2D eigenvalue weighted by Gasteiger charge is 2.39. The van der Waals surface area contributed by atoms with Gasteiger partial charge in [0.25, 0.3) is 0 Å². The SMILES string of the molecule is CC[C@@H]1COC2(CCCCC2)N1. The molecule has 0 bridgehead atoms. The summed E-state index contributed by atoms with van der Waals surface area (Å²) in [5.74, 6) is 0. The Morgan fingerprint density at radius 2 is 2.08 bits per heavy atom. The molecule has 2 nitrogen and oxygen atoms in total. The molecule has 0 amide bonds. The Morgan fingerprint density at radius 3 is 2.67 bits per heavy atom. The Balaban J connectivity index is 1.94. The Kier molecular flexibility index (Phi) is 2.37. The van der Waals surface area contributed by atoms with Gasteiger partial charge in [0.15, 0.2) is 0 Å². The van der Waals surface area contributed by atoms with Crippen molar-refractivity contribution in [2.45, 2.75) is 57.2 Å².